The van der Waals surface area contributed by atoms with Crippen LogP contribution < -0.4 is 11.5 Å². The molecule has 2 aromatic heterocycles. The minimum Gasteiger partial charge on any atom is -0.393 e. The smallest absolute Gasteiger partial charge is 0.232 e. The van der Waals surface area contributed by atoms with Gasteiger partial charge in [0.1, 0.15) is 5.69 Å². The highest BCUT2D eigenvalue weighted by molar-refractivity contribution is 7.84. The van der Waals surface area contributed by atoms with E-state index in [-0.39, 0.29) is 16.5 Å². The van der Waals surface area contributed by atoms with E-state index in [4.69, 9.17) is 11.5 Å². The maximum atomic E-state index is 11.4. The monoisotopic (exact) mass is 240 g/mol. The van der Waals surface area contributed by atoms with E-state index in [0.717, 1.165) is 0 Å². The molecule has 16 heavy (non-hydrogen) atoms. The average Bonchev–Trinajstić information content (AvgIpc) is 2.74. The third-order valence-electron chi connectivity index (χ3n) is 2.18. The summed E-state index contributed by atoms with van der Waals surface area (Å²) >= 11 is 0. The molecule has 86 valence electrons. The highest BCUT2D eigenvalue weighted by Crippen LogP contribution is 2.24. The number of nitrogen functional groups attached to an aromatic ring is 2. The number of aryl methyl sites for hydroxylation is 1. The molecule has 2 heterocycles. The Bertz CT molecular complexity index is 557. The van der Waals surface area contributed by atoms with Gasteiger partial charge in [-0.1, -0.05) is 0 Å². The lowest BCUT2D eigenvalue weighted by Crippen LogP contribution is -2.08. The first kappa shape index (κ1) is 10.7. The fourth-order valence-electron chi connectivity index (χ4n) is 1.35. The van der Waals surface area contributed by atoms with Crippen LogP contribution in [0.1, 0.15) is 0 Å². The highest BCUT2D eigenvalue weighted by Gasteiger charge is 2.18. The second-order valence-electron chi connectivity index (χ2n) is 3.31. The third kappa shape index (κ3) is 1.47. The summed E-state index contributed by atoms with van der Waals surface area (Å²) in [4.78, 5) is 4.09. The number of anilines is 2. The Kier molecular flexibility index (Phi) is 2.43. The lowest BCUT2D eigenvalue weighted by molar-refractivity contribution is 0.678. The number of rotatable bonds is 2. The standard InChI is InChI=1S/C8H12N6OS/c1-13-4-3-11-8(13)14-6(10)5(9)7(12-14)16(2)15/h3-4H,9-10H2,1-2H3. The van der Waals surface area contributed by atoms with Crippen molar-refractivity contribution in [2.45, 2.75) is 5.03 Å². The van der Waals surface area contributed by atoms with Crippen LogP contribution in [-0.4, -0.2) is 29.8 Å². The Morgan fingerprint density at radius 3 is 2.56 bits per heavy atom. The van der Waals surface area contributed by atoms with E-state index in [1.54, 1.807) is 17.0 Å². The maximum absolute atomic E-state index is 11.4. The van der Waals surface area contributed by atoms with Gasteiger partial charge in [-0.15, -0.1) is 0 Å². The van der Waals surface area contributed by atoms with Crippen LogP contribution in [0.5, 0.6) is 0 Å². The van der Waals surface area contributed by atoms with Crippen molar-refractivity contribution in [1.82, 2.24) is 19.3 Å². The van der Waals surface area contributed by atoms with Gasteiger partial charge in [-0.3, -0.25) is 4.21 Å². The molecule has 0 spiro atoms. The van der Waals surface area contributed by atoms with Crippen molar-refractivity contribution in [3.63, 3.8) is 0 Å². The summed E-state index contributed by atoms with van der Waals surface area (Å²) in [6.45, 7) is 0. The number of aromatic nitrogens is 4. The van der Waals surface area contributed by atoms with Gasteiger partial charge >= 0.3 is 0 Å². The van der Waals surface area contributed by atoms with Crippen LogP contribution in [-0.2, 0) is 17.8 Å². The first-order valence-electron chi connectivity index (χ1n) is 4.47. The van der Waals surface area contributed by atoms with E-state index >= 15 is 0 Å². The average molecular weight is 240 g/mol. The molecule has 0 aliphatic carbocycles. The summed E-state index contributed by atoms with van der Waals surface area (Å²) in [5, 5.41) is 4.37. The first-order chi connectivity index (χ1) is 7.52. The molecule has 0 aliphatic heterocycles. The molecule has 0 saturated heterocycles. The normalized spacial score (nSPS) is 12.9. The minimum absolute atomic E-state index is 0.240. The van der Waals surface area contributed by atoms with Gasteiger partial charge in [-0.2, -0.15) is 9.78 Å². The Labute approximate surface area is 94.5 Å². The third-order valence-corrected chi connectivity index (χ3v) is 3.03. The molecule has 0 amide bonds. The zero-order valence-electron chi connectivity index (χ0n) is 8.91. The molecule has 0 bridgehead atoms. The van der Waals surface area contributed by atoms with Crippen LogP contribution in [0.2, 0.25) is 0 Å². The van der Waals surface area contributed by atoms with Crippen LogP contribution in [0, 0.1) is 0 Å². The zero-order valence-corrected chi connectivity index (χ0v) is 9.73. The summed E-state index contributed by atoms with van der Waals surface area (Å²) in [7, 11) is 0.536. The predicted octanol–water partition coefficient (Wildman–Crippen LogP) is -0.492. The number of hydrogen-bond acceptors (Lipinski definition) is 5. The molecule has 0 aromatic carbocycles. The van der Waals surface area contributed by atoms with Crippen molar-refractivity contribution in [3.8, 4) is 5.95 Å². The first-order valence-corrected chi connectivity index (χ1v) is 6.03. The van der Waals surface area contributed by atoms with Crippen LogP contribution in [0.15, 0.2) is 17.4 Å². The van der Waals surface area contributed by atoms with Crippen molar-refractivity contribution in [2.75, 3.05) is 17.7 Å². The van der Waals surface area contributed by atoms with Crippen LogP contribution in [0.3, 0.4) is 0 Å². The van der Waals surface area contributed by atoms with Gasteiger partial charge < -0.3 is 16.0 Å². The number of nitrogens with zero attached hydrogens (tertiary/aromatic N) is 4. The molecule has 0 radical (unpaired) electrons. The molecule has 7 nitrogen and oxygen atoms in total. The fourth-order valence-corrected chi connectivity index (χ4v) is 1.96. The van der Waals surface area contributed by atoms with Gasteiger partial charge in [0.2, 0.25) is 5.95 Å². The Morgan fingerprint density at radius 2 is 2.12 bits per heavy atom. The van der Waals surface area contributed by atoms with Gasteiger partial charge in [0, 0.05) is 25.7 Å². The fraction of sp³-hybridized carbons (Fsp3) is 0.250. The number of hydrogen-bond donors (Lipinski definition) is 2. The van der Waals surface area contributed by atoms with E-state index in [0.29, 0.717) is 5.95 Å². The molecule has 4 N–H and O–H groups in total. The molecular formula is C8H12N6OS. The van der Waals surface area contributed by atoms with Gasteiger partial charge in [0.05, 0.1) is 10.8 Å². The number of nitrogens with two attached hydrogens (primary N) is 2. The Morgan fingerprint density at radius 1 is 1.44 bits per heavy atom. The van der Waals surface area contributed by atoms with Gasteiger partial charge in [0.15, 0.2) is 10.8 Å². The molecular weight excluding hydrogens is 228 g/mol. The topological polar surface area (TPSA) is 105 Å². The van der Waals surface area contributed by atoms with Crippen molar-refractivity contribution in [3.05, 3.63) is 12.4 Å². The second-order valence-corrected chi connectivity index (χ2v) is 4.60. The Balaban J connectivity index is 2.64. The molecule has 0 fully saturated rings. The van der Waals surface area contributed by atoms with Gasteiger partial charge in [-0.05, 0) is 0 Å². The van der Waals surface area contributed by atoms with Crippen LogP contribution >= 0.6 is 0 Å². The summed E-state index contributed by atoms with van der Waals surface area (Å²) in [5.41, 5.74) is 11.8. The molecule has 2 rings (SSSR count). The highest BCUT2D eigenvalue weighted by atomic mass is 32.2. The predicted molar refractivity (Wildman–Crippen MR) is 61.5 cm³/mol. The lowest BCUT2D eigenvalue weighted by Gasteiger charge is -2.02. The number of imidazole rings is 1. The van der Waals surface area contributed by atoms with E-state index in [9.17, 15) is 4.21 Å². The summed E-state index contributed by atoms with van der Waals surface area (Å²) in [6.07, 6.45) is 4.88. The second kappa shape index (κ2) is 3.63. The van der Waals surface area contributed by atoms with E-state index in [1.165, 1.54) is 10.9 Å². The molecule has 0 aliphatic rings. The van der Waals surface area contributed by atoms with Gasteiger partial charge in [-0.25, -0.2) is 4.98 Å². The summed E-state index contributed by atoms with van der Waals surface area (Å²) < 4.78 is 14.5. The van der Waals surface area contributed by atoms with E-state index < -0.39 is 10.8 Å². The lowest BCUT2D eigenvalue weighted by atomic mass is 10.5. The zero-order chi connectivity index (χ0) is 11.9. The largest absolute Gasteiger partial charge is 0.393 e. The van der Waals surface area contributed by atoms with E-state index in [1.807, 2.05) is 7.05 Å². The van der Waals surface area contributed by atoms with Crippen LogP contribution in [0.25, 0.3) is 5.95 Å². The van der Waals surface area contributed by atoms with Crippen molar-refractivity contribution in [1.29, 1.82) is 0 Å². The Hall–Kier alpha value is -1.83. The molecule has 8 heteroatoms. The summed E-state index contributed by atoms with van der Waals surface area (Å²) in [6, 6.07) is 0. The molecule has 2 aromatic rings. The van der Waals surface area contributed by atoms with Gasteiger partial charge in [0.25, 0.3) is 0 Å². The SMILES string of the molecule is Cn1ccnc1-n1nc(S(C)=O)c(N)c1N. The quantitative estimate of drug-likeness (QED) is 0.736. The van der Waals surface area contributed by atoms with Crippen molar-refractivity contribution >= 4 is 22.3 Å². The molecule has 1 unspecified atom stereocenters. The van der Waals surface area contributed by atoms with Crippen molar-refractivity contribution < 1.29 is 4.21 Å². The maximum Gasteiger partial charge on any atom is 0.232 e. The van der Waals surface area contributed by atoms with E-state index in [2.05, 4.69) is 10.1 Å². The molecule has 1 atom stereocenters. The van der Waals surface area contributed by atoms with Crippen molar-refractivity contribution in [2.24, 2.45) is 7.05 Å². The molecule has 0 saturated carbocycles. The summed E-state index contributed by atoms with van der Waals surface area (Å²) in [5.74, 6) is 0.778. The van der Waals surface area contributed by atoms with Crippen LogP contribution in [0.4, 0.5) is 11.5 Å². The minimum atomic E-state index is -1.27.